The Bertz CT molecular complexity index is 909. The second kappa shape index (κ2) is 14.6. The van der Waals surface area contributed by atoms with Crippen LogP contribution in [-0.2, 0) is 20.7 Å². The third-order valence-electron chi connectivity index (χ3n) is 4.74. The maximum Gasteiger partial charge on any atom is 0.251 e. The molecule has 0 bridgehead atoms. The lowest BCUT2D eigenvalue weighted by atomic mass is 9.92. The molecule has 2 amide bonds. The van der Waals surface area contributed by atoms with E-state index in [-0.39, 0.29) is 25.7 Å². The molecule has 3 N–H and O–H groups in total. The molecule has 0 aliphatic carbocycles. The van der Waals surface area contributed by atoms with Crippen LogP contribution in [-0.4, -0.2) is 43.1 Å². The third kappa shape index (κ3) is 8.96. The molecule has 0 spiro atoms. The van der Waals surface area contributed by atoms with E-state index in [1.807, 2.05) is 59.8 Å². The fourth-order valence-electron chi connectivity index (χ4n) is 3.15. The van der Waals surface area contributed by atoms with Crippen molar-refractivity contribution < 1.29 is 24.3 Å². The van der Waals surface area contributed by atoms with Crippen LogP contribution in [0.4, 0.5) is 0 Å². The van der Waals surface area contributed by atoms with E-state index in [9.17, 15) is 14.8 Å². The minimum absolute atomic E-state index is 0.0854. The molecule has 0 aliphatic heterocycles. The average molecular weight is 550 g/mol. The Kier molecular flexibility index (Phi) is 11.8. The molecule has 2 aromatic rings. The highest BCUT2D eigenvalue weighted by Crippen LogP contribution is 2.16. The van der Waals surface area contributed by atoms with Crippen molar-refractivity contribution in [2.75, 3.05) is 20.0 Å². The van der Waals surface area contributed by atoms with Crippen molar-refractivity contribution in [3.8, 4) is 9.85 Å². The number of rotatable bonds is 12. The Morgan fingerprint density at radius 2 is 1.81 bits per heavy atom. The summed E-state index contributed by atoms with van der Waals surface area (Å²) in [7, 11) is 0. The highest BCUT2D eigenvalue weighted by Gasteiger charge is 2.25. The predicted octanol–water partition coefficient (Wildman–Crippen LogP) is 3.29. The maximum atomic E-state index is 12.8. The van der Waals surface area contributed by atoms with E-state index in [1.165, 1.54) is 0 Å². The fourth-order valence-corrected chi connectivity index (χ4v) is 3.46. The molecule has 170 valence electrons. The molecule has 7 nitrogen and oxygen atoms in total. The second-order valence-electron chi connectivity index (χ2n) is 7.05. The summed E-state index contributed by atoms with van der Waals surface area (Å²) < 4.78 is 13.5. The first-order valence-electron chi connectivity index (χ1n) is 10.2. The molecule has 2 atom stereocenters. The Hall–Kier alpha value is -2.45. The van der Waals surface area contributed by atoms with Gasteiger partial charge in [0.15, 0.2) is 0 Å². The van der Waals surface area contributed by atoms with Crippen molar-refractivity contribution >= 4 is 34.4 Å². The van der Waals surface area contributed by atoms with Gasteiger partial charge in [-0.25, -0.2) is 5.48 Å². The van der Waals surface area contributed by atoms with Gasteiger partial charge in [-0.15, -0.1) is 0 Å². The highest BCUT2D eigenvalue weighted by atomic mass is 127. The van der Waals surface area contributed by atoms with Crippen LogP contribution < -0.4 is 10.8 Å². The summed E-state index contributed by atoms with van der Waals surface area (Å²) in [5, 5.41) is 12.2. The Balaban J connectivity index is 2.12. The van der Waals surface area contributed by atoms with Crippen molar-refractivity contribution in [2.24, 2.45) is 5.92 Å². The van der Waals surface area contributed by atoms with Crippen molar-refractivity contribution in [1.82, 2.24) is 10.8 Å². The van der Waals surface area contributed by atoms with E-state index >= 15 is 0 Å². The molecule has 8 heteroatoms. The van der Waals surface area contributed by atoms with E-state index in [0.29, 0.717) is 18.6 Å². The average Bonchev–Trinajstić information content (AvgIpc) is 2.82. The first-order valence-corrected chi connectivity index (χ1v) is 11.3. The Morgan fingerprint density at radius 3 is 2.44 bits per heavy atom. The number of ether oxygens (including phenoxy) is 2. The first kappa shape index (κ1) is 25.8. The van der Waals surface area contributed by atoms with E-state index in [1.54, 1.807) is 29.7 Å². The second-order valence-corrected chi connectivity index (χ2v) is 7.59. The van der Waals surface area contributed by atoms with Crippen LogP contribution in [0, 0.1) is 15.8 Å². The van der Waals surface area contributed by atoms with E-state index in [4.69, 9.17) is 9.47 Å². The summed E-state index contributed by atoms with van der Waals surface area (Å²) in [6.07, 6.45) is 0.687. The van der Waals surface area contributed by atoms with Crippen molar-refractivity contribution in [2.45, 2.75) is 25.8 Å². The third-order valence-corrected chi connectivity index (χ3v) is 5.01. The Labute approximate surface area is 202 Å². The summed E-state index contributed by atoms with van der Waals surface area (Å²) in [6.45, 7) is 2.61. The van der Waals surface area contributed by atoms with Gasteiger partial charge < -0.3 is 14.8 Å². The number of amides is 2. The number of hydroxylamine groups is 1. The quantitative estimate of drug-likeness (QED) is 0.0942. The zero-order valence-corrected chi connectivity index (χ0v) is 20.0. The van der Waals surface area contributed by atoms with Crippen LogP contribution in [0.3, 0.4) is 0 Å². The number of hydrogen-bond donors (Lipinski definition) is 3. The minimum atomic E-state index is -0.565. The van der Waals surface area contributed by atoms with Crippen LogP contribution in [0.1, 0.15) is 34.8 Å². The fraction of sp³-hybridized carbons (Fsp3) is 0.333. The van der Waals surface area contributed by atoms with Gasteiger partial charge in [0.2, 0.25) is 5.91 Å². The number of hydrogen-bond acceptors (Lipinski definition) is 5. The standard InChI is InChI=1S/C24H27IN2O5/c1-2-31-17-32-16-22(26-23(28)20-10-8-18(9-11-20)12-13-25)15-21(24(29)27-30)14-19-6-4-3-5-7-19/h3-11,21-22,30H,2,14-17H2,1H3,(H,26,28)(H,27,29)/t21-,22-/m0/s1. The number of carbonyl (C=O) groups excluding carboxylic acids is 2. The van der Waals surface area contributed by atoms with E-state index < -0.39 is 17.9 Å². The normalized spacial score (nSPS) is 12.2. The molecule has 0 saturated heterocycles. The Morgan fingerprint density at radius 1 is 1.09 bits per heavy atom. The lowest BCUT2D eigenvalue weighted by Gasteiger charge is -2.24. The van der Waals surface area contributed by atoms with Gasteiger partial charge in [0.1, 0.15) is 6.79 Å². The largest absolute Gasteiger partial charge is 0.356 e. The zero-order chi connectivity index (χ0) is 23.2. The molecule has 0 aliphatic rings. The zero-order valence-electron chi connectivity index (χ0n) is 17.8. The molecule has 0 unspecified atom stereocenters. The lowest BCUT2D eigenvalue weighted by molar-refractivity contribution is -0.134. The molecule has 0 saturated carbocycles. The molecular weight excluding hydrogens is 523 g/mol. The summed E-state index contributed by atoms with van der Waals surface area (Å²) in [6, 6.07) is 16.0. The van der Waals surface area contributed by atoms with Gasteiger partial charge >= 0.3 is 0 Å². The van der Waals surface area contributed by atoms with Crippen molar-refractivity contribution in [1.29, 1.82) is 0 Å². The molecule has 32 heavy (non-hydrogen) atoms. The van der Waals surface area contributed by atoms with Crippen molar-refractivity contribution in [3.63, 3.8) is 0 Å². The van der Waals surface area contributed by atoms with Crippen LogP contribution in [0.5, 0.6) is 0 Å². The van der Waals surface area contributed by atoms with Crippen LogP contribution >= 0.6 is 22.6 Å². The van der Waals surface area contributed by atoms with Gasteiger partial charge in [0, 0.05) is 46.2 Å². The topological polar surface area (TPSA) is 96.9 Å². The number of benzene rings is 2. The molecule has 0 fully saturated rings. The highest BCUT2D eigenvalue weighted by molar-refractivity contribution is 14.1. The molecule has 0 aromatic heterocycles. The maximum absolute atomic E-state index is 12.8. The molecular formula is C24H27IN2O5. The molecule has 0 heterocycles. The molecule has 2 aromatic carbocycles. The number of nitrogens with one attached hydrogen (secondary N) is 2. The van der Waals surface area contributed by atoms with Crippen LogP contribution in [0.25, 0.3) is 0 Å². The summed E-state index contributed by atoms with van der Waals surface area (Å²) in [5.74, 6) is 1.56. The monoisotopic (exact) mass is 550 g/mol. The first-order chi connectivity index (χ1) is 15.6. The van der Waals surface area contributed by atoms with Crippen molar-refractivity contribution in [3.05, 3.63) is 71.3 Å². The SMILES string of the molecule is CCOCOC[C@H](C[C@H](Cc1ccccc1)C(=O)NO)NC(=O)c1ccc(C#CI)cc1. The number of halogens is 1. The van der Waals surface area contributed by atoms with E-state index in [0.717, 1.165) is 11.1 Å². The summed E-state index contributed by atoms with van der Waals surface area (Å²) in [4.78, 5) is 25.1. The van der Waals surface area contributed by atoms with Gasteiger partial charge in [0.05, 0.1) is 12.6 Å². The van der Waals surface area contributed by atoms with Crippen LogP contribution in [0.15, 0.2) is 54.6 Å². The van der Waals surface area contributed by atoms with Gasteiger partial charge in [-0.2, -0.15) is 0 Å². The minimum Gasteiger partial charge on any atom is -0.356 e. The number of carbonyl (C=O) groups is 2. The summed E-state index contributed by atoms with van der Waals surface area (Å²) >= 11 is 1.96. The van der Waals surface area contributed by atoms with Gasteiger partial charge in [0.25, 0.3) is 5.91 Å². The predicted molar refractivity (Wildman–Crippen MR) is 129 cm³/mol. The molecule has 2 rings (SSSR count). The van der Waals surface area contributed by atoms with Crippen LogP contribution in [0.2, 0.25) is 0 Å². The molecule has 0 radical (unpaired) electrons. The van der Waals surface area contributed by atoms with Gasteiger partial charge in [-0.05, 0) is 53.5 Å². The smallest absolute Gasteiger partial charge is 0.251 e. The van der Waals surface area contributed by atoms with Gasteiger partial charge in [-0.1, -0.05) is 36.3 Å². The summed E-state index contributed by atoms with van der Waals surface area (Å²) in [5.41, 5.74) is 3.98. The van der Waals surface area contributed by atoms with Gasteiger partial charge in [-0.3, -0.25) is 14.8 Å². The van der Waals surface area contributed by atoms with E-state index in [2.05, 4.69) is 15.2 Å². The lowest BCUT2D eigenvalue weighted by Crippen LogP contribution is -2.42.